The SMILES string of the molecule is Cc1cc(-c2cnc3c(ccc4c(C)cc(F)nc43)c2)cc(-c2cnc3c(ccc4c(C)cc(F)nc43)c2)c1. The van der Waals surface area contributed by atoms with E-state index in [0.29, 0.717) is 22.1 Å². The van der Waals surface area contributed by atoms with Crippen molar-refractivity contribution in [2.45, 2.75) is 20.8 Å². The number of hydrogen-bond acceptors (Lipinski definition) is 4. The van der Waals surface area contributed by atoms with Gasteiger partial charge in [0, 0.05) is 45.1 Å². The molecule has 0 spiro atoms. The van der Waals surface area contributed by atoms with Crippen LogP contribution in [0.15, 0.2) is 79.1 Å². The molecule has 0 aliphatic rings. The van der Waals surface area contributed by atoms with Gasteiger partial charge < -0.3 is 0 Å². The quantitative estimate of drug-likeness (QED) is 0.172. The van der Waals surface area contributed by atoms with Gasteiger partial charge in [-0.2, -0.15) is 8.78 Å². The van der Waals surface area contributed by atoms with Crippen LogP contribution < -0.4 is 0 Å². The fourth-order valence-corrected chi connectivity index (χ4v) is 5.46. The number of pyridine rings is 4. The first-order valence-electron chi connectivity index (χ1n) is 12.7. The Labute approximate surface area is 223 Å². The maximum absolute atomic E-state index is 14.1. The Morgan fingerprint density at radius 2 is 0.949 bits per heavy atom. The summed E-state index contributed by atoms with van der Waals surface area (Å²) in [5, 5.41) is 3.59. The van der Waals surface area contributed by atoms with Crippen molar-refractivity contribution in [3.63, 3.8) is 0 Å². The Morgan fingerprint density at radius 3 is 1.41 bits per heavy atom. The summed E-state index contributed by atoms with van der Waals surface area (Å²) in [5.74, 6) is -1.01. The summed E-state index contributed by atoms with van der Waals surface area (Å²) in [5.41, 5.74) is 9.20. The fourth-order valence-electron chi connectivity index (χ4n) is 5.46. The van der Waals surface area contributed by atoms with Gasteiger partial charge >= 0.3 is 0 Å². The van der Waals surface area contributed by atoms with Gasteiger partial charge in [-0.25, -0.2) is 9.97 Å². The molecule has 39 heavy (non-hydrogen) atoms. The number of aromatic nitrogens is 4. The van der Waals surface area contributed by atoms with E-state index in [1.54, 1.807) is 0 Å². The van der Waals surface area contributed by atoms with Gasteiger partial charge in [-0.3, -0.25) is 9.97 Å². The summed E-state index contributed by atoms with van der Waals surface area (Å²) < 4.78 is 28.1. The lowest BCUT2D eigenvalue weighted by atomic mass is 9.96. The first-order chi connectivity index (χ1) is 18.8. The van der Waals surface area contributed by atoms with E-state index in [-0.39, 0.29) is 0 Å². The van der Waals surface area contributed by atoms with E-state index in [1.165, 1.54) is 12.1 Å². The largest absolute Gasteiger partial charge is 0.253 e. The van der Waals surface area contributed by atoms with E-state index in [2.05, 4.69) is 47.2 Å². The van der Waals surface area contributed by atoms with Crippen molar-refractivity contribution in [3.05, 3.63) is 108 Å². The zero-order valence-corrected chi connectivity index (χ0v) is 21.6. The van der Waals surface area contributed by atoms with Crippen LogP contribution >= 0.6 is 0 Å². The van der Waals surface area contributed by atoms with Gasteiger partial charge in [0.2, 0.25) is 11.9 Å². The standard InChI is InChI=1S/C33H22F2N4/c1-17-8-22(24-12-20-4-6-26-18(2)10-28(34)38-32(26)30(20)36-15-24)14-23(9-17)25-13-21-5-7-27-19(3)11-29(35)39-33(27)31(21)37-16-25/h4-16H,1-3H3. The van der Waals surface area contributed by atoms with Crippen LogP contribution in [0.1, 0.15) is 16.7 Å². The number of fused-ring (bicyclic) bond motifs is 6. The molecule has 4 aromatic heterocycles. The molecule has 188 valence electrons. The molecular weight excluding hydrogens is 490 g/mol. The first kappa shape index (κ1) is 23.3. The van der Waals surface area contributed by atoms with Crippen molar-refractivity contribution < 1.29 is 8.78 Å². The Kier molecular flexibility index (Phi) is 5.13. The Hall–Kier alpha value is -4.84. The van der Waals surface area contributed by atoms with E-state index in [4.69, 9.17) is 9.97 Å². The molecule has 0 radical (unpaired) electrons. The van der Waals surface area contributed by atoms with Gasteiger partial charge in [0.05, 0.1) is 22.1 Å². The molecule has 0 unspecified atom stereocenters. The van der Waals surface area contributed by atoms with Gasteiger partial charge in [-0.15, -0.1) is 0 Å². The van der Waals surface area contributed by atoms with Crippen LogP contribution in [0, 0.1) is 32.7 Å². The molecule has 0 saturated heterocycles. The summed E-state index contributed by atoms with van der Waals surface area (Å²) in [6.07, 6.45) is 3.63. The number of aryl methyl sites for hydroxylation is 3. The molecule has 3 aromatic carbocycles. The summed E-state index contributed by atoms with van der Waals surface area (Å²) in [7, 11) is 0. The number of halogens is 2. The molecule has 0 aliphatic heterocycles. The second-order valence-electron chi connectivity index (χ2n) is 10.1. The third kappa shape index (κ3) is 3.87. The second kappa shape index (κ2) is 8.60. The van der Waals surface area contributed by atoms with Gasteiger partial charge in [-0.05, 0) is 78.9 Å². The van der Waals surface area contributed by atoms with Crippen LogP contribution in [0.5, 0.6) is 0 Å². The highest BCUT2D eigenvalue weighted by Gasteiger charge is 2.12. The summed E-state index contributed by atoms with van der Waals surface area (Å²) in [4.78, 5) is 17.7. The smallest absolute Gasteiger partial charge is 0.213 e. The summed E-state index contributed by atoms with van der Waals surface area (Å²) >= 11 is 0. The lowest BCUT2D eigenvalue weighted by Gasteiger charge is -2.11. The molecule has 0 bridgehead atoms. The minimum Gasteiger partial charge on any atom is -0.253 e. The average Bonchev–Trinajstić information content (AvgIpc) is 2.91. The topological polar surface area (TPSA) is 51.6 Å². The monoisotopic (exact) mass is 512 g/mol. The first-order valence-corrected chi connectivity index (χ1v) is 12.7. The normalized spacial score (nSPS) is 11.7. The van der Waals surface area contributed by atoms with Crippen molar-refractivity contribution in [3.8, 4) is 22.3 Å². The van der Waals surface area contributed by atoms with Crippen LogP contribution in [0.3, 0.4) is 0 Å². The maximum atomic E-state index is 14.1. The van der Waals surface area contributed by atoms with Crippen molar-refractivity contribution in [2.24, 2.45) is 0 Å². The summed E-state index contributed by atoms with van der Waals surface area (Å²) in [6.45, 7) is 5.81. The van der Waals surface area contributed by atoms with Crippen LogP contribution in [0.25, 0.3) is 65.9 Å². The lowest BCUT2D eigenvalue weighted by Crippen LogP contribution is -1.93. The third-order valence-electron chi connectivity index (χ3n) is 7.35. The van der Waals surface area contributed by atoms with Crippen molar-refractivity contribution in [1.82, 2.24) is 19.9 Å². The van der Waals surface area contributed by atoms with Gasteiger partial charge in [0.15, 0.2) is 0 Å². The van der Waals surface area contributed by atoms with Gasteiger partial charge in [-0.1, -0.05) is 36.4 Å². The van der Waals surface area contributed by atoms with Gasteiger partial charge in [0.1, 0.15) is 0 Å². The average molecular weight is 513 g/mol. The maximum Gasteiger partial charge on any atom is 0.213 e. The molecule has 0 aliphatic carbocycles. The molecular formula is C33H22F2N4. The third-order valence-corrected chi connectivity index (χ3v) is 7.35. The van der Waals surface area contributed by atoms with E-state index >= 15 is 0 Å². The highest BCUT2D eigenvalue weighted by molar-refractivity contribution is 6.06. The fraction of sp³-hybridized carbons (Fsp3) is 0.0909. The van der Waals surface area contributed by atoms with Crippen LogP contribution in [-0.2, 0) is 0 Å². The van der Waals surface area contributed by atoms with Crippen LogP contribution in [-0.4, -0.2) is 19.9 Å². The molecule has 4 heterocycles. The van der Waals surface area contributed by atoms with Crippen LogP contribution in [0.4, 0.5) is 8.78 Å². The minimum absolute atomic E-state index is 0.505. The molecule has 4 nitrogen and oxygen atoms in total. The van der Waals surface area contributed by atoms with Gasteiger partial charge in [0.25, 0.3) is 0 Å². The number of rotatable bonds is 2. The Balaban J connectivity index is 1.35. The van der Waals surface area contributed by atoms with E-state index in [0.717, 1.165) is 60.5 Å². The zero-order chi connectivity index (χ0) is 26.8. The van der Waals surface area contributed by atoms with E-state index in [1.807, 2.05) is 50.5 Å². The van der Waals surface area contributed by atoms with Crippen molar-refractivity contribution in [1.29, 1.82) is 0 Å². The van der Waals surface area contributed by atoms with Crippen molar-refractivity contribution in [2.75, 3.05) is 0 Å². The number of hydrogen-bond donors (Lipinski definition) is 0. The molecule has 7 rings (SSSR count). The number of benzene rings is 3. The molecule has 0 fully saturated rings. The molecule has 6 heteroatoms. The predicted octanol–water partition coefficient (Wildman–Crippen LogP) is 8.42. The van der Waals surface area contributed by atoms with E-state index < -0.39 is 11.9 Å². The highest BCUT2D eigenvalue weighted by Crippen LogP contribution is 2.33. The lowest BCUT2D eigenvalue weighted by molar-refractivity contribution is 0.587. The Bertz CT molecular complexity index is 1990. The van der Waals surface area contributed by atoms with Crippen LogP contribution in [0.2, 0.25) is 0 Å². The molecule has 7 aromatic rings. The minimum atomic E-state index is -0.505. The second-order valence-corrected chi connectivity index (χ2v) is 10.1. The predicted molar refractivity (Wildman–Crippen MR) is 153 cm³/mol. The van der Waals surface area contributed by atoms with E-state index in [9.17, 15) is 8.78 Å². The molecule has 0 N–H and O–H groups in total. The molecule has 0 atom stereocenters. The number of nitrogens with zero attached hydrogens (tertiary/aromatic N) is 4. The zero-order valence-electron chi connectivity index (χ0n) is 21.6. The van der Waals surface area contributed by atoms with Crippen molar-refractivity contribution >= 4 is 43.6 Å². The molecule has 0 saturated carbocycles. The highest BCUT2D eigenvalue weighted by atomic mass is 19.1. The summed E-state index contributed by atoms with van der Waals surface area (Å²) in [6, 6.07) is 21.3. The Morgan fingerprint density at radius 1 is 0.487 bits per heavy atom. The molecule has 0 amide bonds.